The second kappa shape index (κ2) is 6.33. The van der Waals surface area contributed by atoms with Crippen molar-refractivity contribution >= 4 is 11.3 Å². The molecule has 0 aliphatic carbocycles. The number of anilines is 1. The zero-order valence-electron chi connectivity index (χ0n) is 15.6. The van der Waals surface area contributed by atoms with Gasteiger partial charge in [0.2, 0.25) is 0 Å². The molecule has 3 aromatic heterocycles. The second-order valence-corrected chi connectivity index (χ2v) is 6.83. The van der Waals surface area contributed by atoms with Gasteiger partial charge in [0.15, 0.2) is 0 Å². The standard InChI is InChI=1S/C21H23N5/c1-14-6-5-11-26-13-20(23-21(14)26)17-7-9-18(10-8-17)22-16(3)19-12-15(2)25(4)24-19/h5-13,16,22H,1-4H3. The van der Waals surface area contributed by atoms with Crippen LogP contribution in [0.5, 0.6) is 0 Å². The predicted molar refractivity (Wildman–Crippen MR) is 105 cm³/mol. The van der Waals surface area contributed by atoms with Crippen molar-refractivity contribution in [2.75, 3.05) is 5.32 Å². The number of aromatic nitrogens is 4. The maximum Gasteiger partial charge on any atom is 0.140 e. The van der Waals surface area contributed by atoms with Crippen molar-refractivity contribution in [1.82, 2.24) is 19.2 Å². The summed E-state index contributed by atoms with van der Waals surface area (Å²) in [6.07, 6.45) is 4.11. The third kappa shape index (κ3) is 2.96. The summed E-state index contributed by atoms with van der Waals surface area (Å²) in [5.74, 6) is 0. The van der Waals surface area contributed by atoms with Crippen molar-refractivity contribution in [3.05, 3.63) is 71.8 Å². The average molecular weight is 345 g/mol. The number of imidazole rings is 1. The topological polar surface area (TPSA) is 47.1 Å². The van der Waals surface area contributed by atoms with Gasteiger partial charge in [-0.05, 0) is 50.6 Å². The van der Waals surface area contributed by atoms with Gasteiger partial charge in [0, 0.05) is 36.4 Å². The average Bonchev–Trinajstić information content (AvgIpc) is 3.20. The highest BCUT2D eigenvalue weighted by Crippen LogP contribution is 2.24. The van der Waals surface area contributed by atoms with Crippen LogP contribution in [0.3, 0.4) is 0 Å². The van der Waals surface area contributed by atoms with Gasteiger partial charge in [-0.25, -0.2) is 4.98 Å². The summed E-state index contributed by atoms with van der Waals surface area (Å²) in [4.78, 5) is 4.76. The molecule has 0 amide bonds. The maximum atomic E-state index is 4.76. The third-order valence-electron chi connectivity index (χ3n) is 4.82. The molecule has 0 aliphatic heterocycles. The molecule has 4 rings (SSSR count). The Labute approximate surface area is 153 Å². The molecule has 26 heavy (non-hydrogen) atoms. The number of benzene rings is 1. The molecule has 0 spiro atoms. The highest BCUT2D eigenvalue weighted by Gasteiger charge is 2.11. The minimum atomic E-state index is 0.151. The summed E-state index contributed by atoms with van der Waals surface area (Å²) in [5, 5.41) is 8.06. The lowest BCUT2D eigenvalue weighted by atomic mass is 10.1. The lowest BCUT2D eigenvalue weighted by Crippen LogP contribution is -2.07. The van der Waals surface area contributed by atoms with Crippen LogP contribution >= 0.6 is 0 Å². The Morgan fingerprint density at radius 3 is 2.50 bits per heavy atom. The van der Waals surface area contributed by atoms with Crippen molar-refractivity contribution in [2.24, 2.45) is 7.05 Å². The van der Waals surface area contributed by atoms with Crippen LogP contribution in [-0.2, 0) is 7.05 Å². The van der Waals surface area contributed by atoms with Gasteiger partial charge in [-0.15, -0.1) is 0 Å². The van der Waals surface area contributed by atoms with E-state index in [0.29, 0.717) is 0 Å². The van der Waals surface area contributed by atoms with Crippen LogP contribution in [0, 0.1) is 13.8 Å². The lowest BCUT2D eigenvalue weighted by Gasteiger charge is -2.13. The summed E-state index contributed by atoms with van der Waals surface area (Å²) in [6.45, 7) is 6.27. The number of nitrogens with one attached hydrogen (secondary N) is 1. The van der Waals surface area contributed by atoms with E-state index < -0.39 is 0 Å². The van der Waals surface area contributed by atoms with E-state index in [1.807, 2.05) is 24.0 Å². The van der Waals surface area contributed by atoms with Crippen LogP contribution < -0.4 is 5.32 Å². The molecule has 3 heterocycles. The fraction of sp³-hybridized carbons (Fsp3) is 0.238. The second-order valence-electron chi connectivity index (χ2n) is 6.83. The quantitative estimate of drug-likeness (QED) is 0.591. The molecule has 0 radical (unpaired) electrons. The van der Waals surface area contributed by atoms with Crippen molar-refractivity contribution < 1.29 is 0 Å². The molecule has 1 atom stereocenters. The van der Waals surface area contributed by atoms with Crippen molar-refractivity contribution in [3.8, 4) is 11.3 Å². The number of fused-ring (bicyclic) bond motifs is 1. The van der Waals surface area contributed by atoms with Crippen LogP contribution in [0.25, 0.3) is 16.9 Å². The van der Waals surface area contributed by atoms with E-state index in [1.54, 1.807) is 0 Å². The summed E-state index contributed by atoms with van der Waals surface area (Å²) in [7, 11) is 1.97. The van der Waals surface area contributed by atoms with Gasteiger partial charge in [0.25, 0.3) is 0 Å². The number of pyridine rings is 1. The Morgan fingerprint density at radius 2 is 1.85 bits per heavy atom. The summed E-state index contributed by atoms with van der Waals surface area (Å²) >= 11 is 0. The maximum absolute atomic E-state index is 4.76. The Hall–Kier alpha value is -3.08. The first-order valence-corrected chi connectivity index (χ1v) is 8.83. The van der Waals surface area contributed by atoms with Crippen LogP contribution in [0.2, 0.25) is 0 Å². The molecule has 5 heteroatoms. The van der Waals surface area contributed by atoms with Gasteiger partial charge in [0.1, 0.15) is 5.65 Å². The van der Waals surface area contributed by atoms with Gasteiger partial charge in [-0.3, -0.25) is 4.68 Å². The number of nitrogens with zero attached hydrogens (tertiary/aromatic N) is 4. The molecule has 0 bridgehead atoms. The Bertz CT molecular complexity index is 1040. The molecular formula is C21H23N5. The highest BCUT2D eigenvalue weighted by atomic mass is 15.3. The third-order valence-corrected chi connectivity index (χ3v) is 4.82. The summed E-state index contributed by atoms with van der Waals surface area (Å²) in [6, 6.07) is 14.8. The molecular weight excluding hydrogens is 322 g/mol. The zero-order chi connectivity index (χ0) is 18.3. The first-order valence-electron chi connectivity index (χ1n) is 8.83. The first-order chi connectivity index (χ1) is 12.5. The molecule has 0 saturated heterocycles. The molecule has 132 valence electrons. The first kappa shape index (κ1) is 16.4. The molecule has 1 N–H and O–H groups in total. The Morgan fingerprint density at radius 1 is 1.08 bits per heavy atom. The number of hydrogen-bond acceptors (Lipinski definition) is 3. The van der Waals surface area contributed by atoms with Gasteiger partial charge >= 0.3 is 0 Å². The van der Waals surface area contributed by atoms with Gasteiger partial charge < -0.3 is 9.72 Å². The van der Waals surface area contributed by atoms with Crippen molar-refractivity contribution in [2.45, 2.75) is 26.8 Å². The SMILES string of the molecule is Cc1cccn2cc(-c3ccc(NC(C)c4cc(C)n(C)n4)cc3)nc12. The molecule has 0 fully saturated rings. The smallest absolute Gasteiger partial charge is 0.140 e. The fourth-order valence-corrected chi connectivity index (χ4v) is 3.15. The molecule has 0 aliphatic rings. The van der Waals surface area contributed by atoms with Gasteiger partial charge in [-0.2, -0.15) is 5.10 Å². The van der Waals surface area contributed by atoms with E-state index >= 15 is 0 Å². The van der Waals surface area contributed by atoms with E-state index in [-0.39, 0.29) is 6.04 Å². The number of hydrogen-bond donors (Lipinski definition) is 1. The minimum Gasteiger partial charge on any atom is -0.377 e. The molecule has 5 nitrogen and oxygen atoms in total. The van der Waals surface area contributed by atoms with E-state index in [4.69, 9.17) is 4.98 Å². The summed E-state index contributed by atoms with van der Waals surface area (Å²) in [5.41, 5.74) is 7.56. The van der Waals surface area contributed by atoms with E-state index in [1.165, 1.54) is 5.56 Å². The fourth-order valence-electron chi connectivity index (χ4n) is 3.15. The van der Waals surface area contributed by atoms with Crippen LogP contribution in [0.1, 0.15) is 29.9 Å². The minimum absolute atomic E-state index is 0.151. The largest absolute Gasteiger partial charge is 0.377 e. The monoisotopic (exact) mass is 345 g/mol. The number of aryl methyl sites for hydroxylation is 3. The Balaban J connectivity index is 1.55. The van der Waals surface area contributed by atoms with E-state index in [2.05, 4.69) is 78.2 Å². The molecule has 1 unspecified atom stereocenters. The predicted octanol–water partition coefficient (Wildman–Crippen LogP) is 4.52. The highest BCUT2D eigenvalue weighted by molar-refractivity contribution is 5.66. The molecule has 4 aromatic rings. The number of rotatable bonds is 4. The zero-order valence-corrected chi connectivity index (χ0v) is 15.6. The van der Waals surface area contributed by atoms with Gasteiger partial charge in [0.05, 0.1) is 17.4 Å². The van der Waals surface area contributed by atoms with Crippen LogP contribution in [-0.4, -0.2) is 19.2 Å². The van der Waals surface area contributed by atoms with Crippen molar-refractivity contribution in [1.29, 1.82) is 0 Å². The van der Waals surface area contributed by atoms with E-state index in [0.717, 1.165) is 34.0 Å². The van der Waals surface area contributed by atoms with Crippen molar-refractivity contribution in [3.63, 3.8) is 0 Å². The van der Waals surface area contributed by atoms with E-state index in [9.17, 15) is 0 Å². The van der Waals surface area contributed by atoms with Crippen LogP contribution in [0.15, 0.2) is 54.9 Å². The molecule has 0 saturated carbocycles. The van der Waals surface area contributed by atoms with Gasteiger partial charge in [-0.1, -0.05) is 18.2 Å². The lowest BCUT2D eigenvalue weighted by molar-refractivity contribution is 0.702. The normalized spacial score (nSPS) is 12.5. The Kier molecular flexibility index (Phi) is 3.99. The summed E-state index contributed by atoms with van der Waals surface area (Å²) < 4.78 is 3.98. The van der Waals surface area contributed by atoms with Crippen LogP contribution in [0.4, 0.5) is 5.69 Å². The molecule has 1 aromatic carbocycles.